The number of ether oxygens (including phenoxy) is 5. The number of aliphatic hydroxyl groups excluding tert-OH is 1. The van der Waals surface area contributed by atoms with Crippen LogP contribution >= 0.6 is 0 Å². The number of nitrogens with one attached hydrogen (secondary N) is 1. The number of fused-ring (bicyclic) bond motifs is 2. The molecule has 10 heteroatoms. The van der Waals surface area contributed by atoms with E-state index in [0.29, 0.717) is 43.1 Å². The van der Waals surface area contributed by atoms with E-state index in [1.54, 1.807) is 24.4 Å². The minimum atomic E-state index is -1.87. The van der Waals surface area contributed by atoms with Gasteiger partial charge in [-0.25, -0.2) is 4.79 Å². The third-order valence-electron chi connectivity index (χ3n) is 10.7. The van der Waals surface area contributed by atoms with Crippen molar-refractivity contribution in [3.63, 3.8) is 0 Å². The summed E-state index contributed by atoms with van der Waals surface area (Å²) >= 11 is 0. The zero-order valence-corrected chi connectivity index (χ0v) is 28.7. The third-order valence-corrected chi connectivity index (χ3v) is 10.7. The van der Waals surface area contributed by atoms with Crippen molar-refractivity contribution in [2.75, 3.05) is 13.2 Å². The van der Waals surface area contributed by atoms with Gasteiger partial charge in [-0.15, -0.1) is 0 Å². The average molecular weight is 666 g/mol. The van der Waals surface area contributed by atoms with Crippen molar-refractivity contribution < 1.29 is 43.5 Å². The van der Waals surface area contributed by atoms with Gasteiger partial charge >= 0.3 is 11.9 Å². The number of rotatable bonds is 4. The molecule has 262 valence electrons. The lowest BCUT2D eigenvalue weighted by Gasteiger charge is -2.50. The maximum atomic E-state index is 14.3. The van der Waals surface area contributed by atoms with Crippen LogP contribution in [0.15, 0.2) is 65.4 Å². The zero-order chi connectivity index (χ0) is 34.2. The highest BCUT2D eigenvalue weighted by atomic mass is 16.7. The fraction of sp³-hybridized carbons (Fsp3) is 0.632. The van der Waals surface area contributed by atoms with Crippen molar-refractivity contribution in [2.45, 2.75) is 115 Å². The summed E-state index contributed by atoms with van der Waals surface area (Å²) in [5.74, 6) is -2.44. The highest BCUT2D eigenvalue weighted by Crippen LogP contribution is 2.48. The number of hydrogen-bond acceptors (Lipinski definition) is 9. The van der Waals surface area contributed by atoms with Crippen molar-refractivity contribution in [1.82, 2.24) is 4.98 Å². The molecule has 10 nitrogen and oxygen atoms in total. The predicted molar refractivity (Wildman–Crippen MR) is 178 cm³/mol. The molecule has 48 heavy (non-hydrogen) atoms. The number of carbonyl (C=O) groups excluding carboxylic acids is 2. The van der Waals surface area contributed by atoms with Crippen molar-refractivity contribution in [1.29, 1.82) is 0 Å². The van der Waals surface area contributed by atoms with Crippen LogP contribution in [0.1, 0.15) is 83.6 Å². The van der Waals surface area contributed by atoms with Gasteiger partial charge in [-0.2, -0.15) is 0 Å². The smallest absolute Gasteiger partial charge is 0.355 e. The van der Waals surface area contributed by atoms with Gasteiger partial charge in [0.05, 0.1) is 18.8 Å². The van der Waals surface area contributed by atoms with Crippen LogP contribution in [0.2, 0.25) is 0 Å². The quantitative estimate of drug-likeness (QED) is 0.288. The van der Waals surface area contributed by atoms with Crippen molar-refractivity contribution in [3.05, 3.63) is 71.1 Å². The Morgan fingerprint density at radius 1 is 1.21 bits per heavy atom. The monoisotopic (exact) mass is 665 g/mol. The van der Waals surface area contributed by atoms with E-state index in [4.69, 9.17) is 23.7 Å². The number of H-pyrrole nitrogens is 1. The van der Waals surface area contributed by atoms with Crippen LogP contribution in [0.4, 0.5) is 0 Å². The zero-order valence-electron chi connectivity index (χ0n) is 28.7. The van der Waals surface area contributed by atoms with E-state index in [0.717, 1.165) is 12.8 Å². The molecule has 3 N–H and O–H groups in total. The van der Waals surface area contributed by atoms with E-state index in [1.807, 2.05) is 6.08 Å². The second-order valence-corrected chi connectivity index (χ2v) is 14.9. The van der Waals surface area contributed by atoms with E-state index in [1.165, 1.54) is 11.6 Å². The van der Waals surface area contributed by atoms with Gasteiger partial charge in [0, 0.05) is 25.5 Å². The van der Waals surface area contributed by atoms with Crippen LogP contribution in [-0.2, 0) is 28.5 Å². The number of aliphatic hydroxyl groups is 2. The van der Waals surface area contributed by atoms with E-state index >= 15 is 0 Å². The fourth-order valence-corrected chi connectivity index (χ4v) is 8.21. The summed E-state index contributed by atoms with van der Waals surface area (Å²) in [5.41, 5.74) is 0.372. The number of esters is 2. The molecule has 3 saturated heterocycles. The molecule has 4 aliphatic heterocycles. The largest absolute Gasteiger partial charge is 0.462 e. The van der Waals surface area contributed by atoms with Crippen molar-refractivity contribution in [3.8, 4) is 0 Å². The Balaban J connectivity index is 1.35. The number of allylic oxidation sites excluding steroid dienone is 4. The van der Waals surface area contributed by atoms with E-state index in [2.05, 4.69) is 51.8 Å². The topological polar surface area (TPSA) is 137 Å². The van der Waals surface area contributed by atoms with Gasteiger partial charge in [-0.05, 0) is 67.2 Å². The molecule has 10 atom stereocenters. The van der Waals surface area contributed by atoms with E-state index in [-0.39, 0.29) is 42.6 Å². The lowest BCUT2D eigenvalue weighted by atomic mass is 9.70. The summed E-state index contributed by atoms with van der Waals surface area (Å²) < 4.78 is 31.4. The second kappa shape index (κ2) is 14.1. The van der Waals surface area contributed by atoms with Crippen LogP contribution in [0.3, 0.4) is 0 Å². The van der Waals surface area contributed by atoms with Crippen LogP contribution in [0.25, 0.3) is 0 Å². The predicted octanol–water partition coefficient (Wildman–Crippen LogP) is 5.34. The normalized spacial score (nSPS) is 38.9. The minimum Gasteiger partial charge on any atom is -0.462 e. The highest BCUT2D eigenvalue weighted by Gasteiger charge is 2.60. The molecule has 1 spiro atoms. The number of aromatic nitrogens is 1. The fourth-order valence-electron chi connectivity index (χ4n) is 8.21. The second-order valence-electron chi connectivity index (χ2n) is 14.9. The van der Waals surface area contributed by atoms with Crippen LogP contribution in [-0.4, -0.2) is 82.3 Å². The molecule has 0 aromatic carbocycles. The average Bonchev–Trinajstić information content (AvgIpc) is 3.69. The van der Waals surface area contributed by atoms with Crippen molar-refractivity contribution >= 4 is 11.9 Å². The standard InChI is InChI=1S/C38H51NO9/c1-22(2)33-25(5)13-14-37(48-33)19-29-18-28(47-37)12-11-24(4)16-23(3)8-6-9-27-21-44-34-32(40)26(17-30(35(41)46-29)38(27,34)43)20-45-36(42)31-10-7-15-39-31/h6-11,15,17,22-23,25,28-30,32-34,39-40,43H,12-14,16,18-21H2,1-5H3. The first-order valence-corrected chi connectivity index (χ1v) is 17.5. The molecular formula is C38H51NO9. The molecule has 0 radical (unpaired) electrons. The van der Waals surface area contributed by atoms with Crippen LogP contribution in [0, 0.1) is 23.7 Å². The molecule has 5 heterocycles. The maximum absolute atomic E-state index is 14.3. The van der Waals surface area contributed by atoms with Gasteiger partial charge in [0.1, 0.15) is 42.1 Å². The molecule has 1 aromatic heterocycles. The van der Waals surface area contributed by atoms with E-state index in [9.17, 15) is 19.8 Å². The molecule has 3 fully saturated rings. The van der Waals surface area contributed by atoms with Gasteiger partial charge in [0.2, 0.25) is 0 Å². The van der Waals surface area contributed by atoms with Gasteiger partial charge in [0.15, 0.2) is 5.79 Å². The molecule has 0 saturated carbocycles. The first-order chi connectivity index (χ1) is 22.9. The minimum absolute atomic E-state index is 0.0143. The first kappa shape index (κ1) is 34.8. The first-order valence-electron chi connectivity index (χ1n) is 17.5. The highest BCUT2D eigenvalue weighted by molar-refractivity contribution is 5.87. The molecule has 5 aliphatic rings. The lowest BCUT2D eigenvalue weighted by molar-refractivity contribution is -0.340. The number of carbonyl (C=O) groups is 2. The Hall–Kier alpha value is -3.02. The number of hydrogen-bond donors (Lipinski definition) is 3. The summed E-state index contributed by atoms with van der Waals surface area (Å²) in [6, 6.07) is 3.27. The van der Waals surface area contributed by atoms with Crippen molar-refractivity contribution in [2.24, 2.45) is 23.7 Å². The molecule has 0 amide bonds. The third kappa shape index (κ3) is 7.01. The Kier molecular flexibility index (Phi) is 10.2. The Morgan fingerprint density at radius 3 is 2.77 bits per heavy atom. The summed E-state index contributed by atoms with van der Waals surface area (Å²) in [7, 11) is 0. The molecule has 2 bridgehead atoms. The van der Waals surface area contributed by atoms with Crippen LogP contribution in [0.5, 0.6) is 0 Å². The van der Waals surface area contributed by atoms with Gasteiger partial charge in [0.25, 0.3) is 0 Å². The number of aromatic amines is 1. The summed E-state index contributed by atoms with van der Waals surface area (Å²) in [4.78, 5) is 29.7. The maximum Gasteiger partial charge on any atom is 0.355 e. The van der Waals surface area contributed by atoms with Crippen LogP contribution < -0.4 is 0 Å². The Morgan fingerprint density at radius 2 is 2.02 bits per heavy atom. The lowest BCUT2D eigenvalue weighted by Crippen LogP contribution is -2.59. The summed E-state index contributed by atoms with van der Waals surface area (Å²) in [6.45, 7) is 10.5. The van der Waals surface area contributed by atoms with Gasteiger partial charge < -0.3 is 38.9 Å². The molecule has 1 aromatic rings. The summed E-state index contributed by atoms with van der Waals surface area (Å²) in [5, 5.41) is 23.8. The Bertz CT molecular complexity index is 1460. The molecule has 10 unspecified atom stereocenters. The van der Waals surface area contributed by atoms with Gasteiger partial charge in [-0.1, -0.05) is 63.6 Å². The molecular weight excluding hydrogens is 614 g/mol. The SMILES string of the molecule is CC1=CCC2CC(CC3(CCC(C)C(C(C)C)O3)O2)OC(=O)C2C=C(COC(=O)c3ccc[nH]3)C(O)C3OCC(=CC=CC(C)C1)C23O. The van der Waals surface area contributed by atoms with E-state index < -0.39 is 47.6 Å². The molecule has 6 rings (SSSR count). The summed E-state index contributed by atoms with van der Waals surface area (Å²) in [6.07, 6.45) is 11.9. The Labute approximate surface area is 283 Å². The molecule has 1 aliphatic carbocycles. The van der Waals surface area contributed by atoms with Gasteiger partial charge in [-0.3, -0.25) is 4.79 Å².